The van der Waals surface area contributed by atoms with E-state index in [4.69, 9.17) is 0 Å². The Morgan fingerprint density at radius 1 is 1.25 bits per heavy atom. The molecular formula is C20H22N6O2. The van der Waals surface area contributed by atoms with Crippen molar-refractivity contribution in [3.63, 3.8) is 0 Å². The summed E-state index contributed by atoms with van der Waals surface area (Å²) in [6.07, 6.45) is 6.24. The number of H-pyrrole nitrogens is 1. The van der Waals surface area contributed by atoms with Gasteiger partial charge in [0.05, 0.1) is 6.20 Å². The number of fused-ring (bicyclic) bond motifs is 1. The fourth-order valence-electron chi connectivity index (χ4n) is 3.40. The zero-order valence-electron chi connectivity index (χ0n) is 15.9. The van der Waals surface area contributed by atoms with E-state index in [1.54, 1.807) is 31.4 Å². The van der Waals surface area contributed by atoms with Crippen LogP contribution in [-0.2, 0) is 11.3 Å². The Balaban J connectivity index is 1.53. The normalized spacial score (nSPS) is 14.2. The number of rotatable bonds is 4. The number of nitrogens with zero attached hydrogens (tertiary/aromatic N) is 5. The molecule has 2 aromatic heterocycles. The highest BCUT2D eigenvalue weighted by atomic mass is 16.2. The molecule has 1 aromatic carbocycles. The van der Waals surface area contributed by atoms with Gasteiger partial charge < -0.3 is 14.8 Å². The van der Waals surface area contributed by atoms with E-state index in [9.17, 15) is 9.59 Å². The third kappa shape index (κ3) is 3.53. The minimum atomic E-state index is -0.0560. The number of aromatic amines is 1. The van der Waals surface area contributed by atoms with Crippen molar-refractivity contribution in [2.45, 2.75) is 13.0 Å². The fraction of sp³-hybridized carbons (Fsp3) is 0.300. The second-order valence-electron chi connectivity index (χ2n) is 7.12. The molecule has 0 aliphatic carbocycles. The average molecular weight is 378 g/mol. The van der Waals surface area contributed by atoms with E-state index < -0.39 is 0 Å². The SMILES string of the molecule is CN(C)C(=O)c1cc2ccc(C3=CCCN(C(=O)Cn4ccnn4)C3)cc2[nH]1. The second kappa shape index (κ2) is 7.30. The van der Waals surface area contributed by atoms with Crippen LogP contribution in [-0.4, -0.2) is 68.8 Å². The van der Waals surface area contributed by atoms with Gasteiger partial charge in [0.25, 0.3) is 5.91 Å². The molecule has 144 valence electrons. The minimum absolute atomic E-state index is 0.0240. The van der Waals surface area contributed by atoms with Gasteiger partial charge in [-0.25, -0.2) is 4.68 Å². The number of hydrogen-bond donors (Lipinski definition) is 1. The molecule has 2 amide bonds. The quantitative estimate of drug-likeness (QED) is 0.750. The maximum Gasteiger partial charge on any atom is 0.269 e. The molecule has 0 unspecified atom stereocenters. The van der Waals surface area contributed by atoms with Crippen molar-refractivity contribution in [2.75, 3.05) is 27.2 Å². The molecule has 8 heteroatoms. The molecule has 0 saturated carbocycles. The summed E-state index contributed by atoms with van der Waals surface area (Å²) in [5.41, 5.74) is 3.64. The van der Waals surface area contributed by atoms with Gasteiger partial charge in [0.1, 0.15) is 12.2 Å². The maximum atomic E-state index is 12.6. The van der Waals surface area contributed by atoms with Crippen LogP contribution in [0.2, 0.25) is 0 Å². The van der Waals surface area contributed by atoms with E-state index in [-0.39, 0.29) is 18.4 Å². The van der Waals surface area contributed by atoms with E-state index in [1.165, 1.54) is 4.68 Å². The monoisotopic (exact) mass is 378 g/mol. The lowest BCUT2D eigenvalue weighted by Crippen LogP contribution is -2.37. The number of amides is 2. The van der Waals surface area contributed by atoms with E-state index >= 15 is 0 Å². The summed E-state index contributed by atoms with van der Waals surface area (Å²) in [4.78, 5) is 31.3. The van der Waals surface area contributed by atoms with Gasteiger partial charge in [0, 0.05) is 44.3 Å². The molecule has 1 N–H and O–H groups in total. The first-order valence-corrected chi connectivity index (χ1v) is 9.17. The smallest absolute Gasteiger partial charge is 0.269 e. The number of aromatic nitrogens is 4. The van der Waals surface area contributed by atoms with Crippen LogP contribution in [0.1, 0.15) is 22.5 Å². The van der Waals surface area contributed by atoms with Crippen LogP contribution in [0.15, 0.2) is 42.7 Å². The molecule has 8 nitrogen and oxygen atoms in total. The number of nitrogens with one attached hydrogen (secondary N) is 1. The molecule has 0 atom stereocenters. The van der Waals surface area contributed by atoms with Crippen molar-refractivity contribution in [3.8, 4) is 0 Å². The van der Waals surface area contributed by atoms with Crippen LogP contribution in [0.5, 0.6) is 0 Å². The molecule has 3 heterocycles. The minimum Gasteiger partial charge on any atom is -0.351 e. The Morgan fingerprint density at radius 2 is 2.11 bits per heavy atom. The zero-order valence-corrected chi connectivity index (χ0v) is 15.9. The molecule has 4 rings (SSSR count). The van der Waals surface area contributed by atoms with Crippen LogP contribution in [0.3, 0.4) is 0 Å². The van der Waals surface area contributed by atoms with Gasteiger partial charge in [0.2, 0.25) is 5.91 Å². The van der Waals surface area contributed by atoms with E-state index in [1.807, 2.05) is 29.2 Å². The molecule has 0 bridgehead atoms. The van der Waals surface area contributed by atoms with Gasteiger partial charge >= 0.3 is 0 Å². The molecule has 0 fully saturated rings. The number of benzene rings is 1. The number of carbonyl (C=O) groups excluding carboxylic acids is 2. The Hall–Kier alpha value is -3.42. The van der Waals surface area contributed by atoms with Crippen LogP contribution in [0.25, 0.3) is 16.5 Å². The number of carbonyl (C=O) groups is 2. The first kappa shape index (κ1) is 18.0. The van der Waals surface area contributed by atoms with Crippen molar-refractivity contribution in [2.24, 2.45) is 0 Å². The first-order chi connectivity index (χ1) is 13.5. The van der Waals surface area contributed by atoms with Crippen molar-refractivity contribution < 1.29 is 9.59 Å². The van der Waals surface area contributed by atoms with E-state index in [0.29, 0.717) is 18.8 Å². The molecule has 28 heavy (non-hydrogen) atoms. The summed E-state index contributed by atoms with van der Waals surface area (Å²) >= 11 is 0. The highest BCUT2D eigenvalue weighted by Gasteiger charge is 2.20. The van der Waals surface area contributed by atoms with Gasteiger partial charge in [-0.05, 0) is 29.7 Å². The predicted molar refractivity (Wildman–Crippen MR) is 106 cm³/mol. The van der Waals surface area contributed by atoms with Gasteiger partial charge in [-0.2, -0.15) is 0 Å². The molecule has 1 aliphatic rings. The largest absolute Gasteiger partial charge is 0.351 e. The van der Waals surface area contributed by atoms with Crippen molar-refractivity contribution in [3.05, 3.63) is 54.0 Å². The Bertz CT molecular complexity index is 1050. The summed E-state index contributed by atoms with van der Waals surface area (Å²) in [5, 5.41) is 8.59. The molecule has 0 saturated heterocycles. The predicted octanol–water partition coefficient (Wildman–Crippen LogP) is 1.78. The lowest BCUT2D eigenvalue weighted by atomic mass is 10.00. The zero-order chi connectivity index (χ0) is 19.7. The van der Waals surface area contributed by atoms with Crippen LogP contribution in [0, 0.1) is 0 Å². The third-order valence-electron chi connectivity index (χ3n) is 4.90. The van der Waals surface area contributed by atoms with Crippen molar-refractivity contribution >= 4 is 28.3 Å². The van der Waals surface area contributed by atoms with E-state index in [2.05, 4.69) is 21.4 Å². The van der Waals surface area contributed by atoms with Gasteiger partial charge in [-0.3, -0.25) is 9.59 Å². The molecule has 1 aliphatic heterocycles. The standard InChI is InChI=1S/C20H22N6O2/c1-24(2)20(28)18-11-15-6-5-14(10-17(15)22-18)16-4-3-8-25(12-16)19(27)13-26-9-7-21-23-26/h4-7,9-11,22H,3,8,12-13H2,1-2H3. The highest BCUT2D eigenvalue weighted by Crippen LogP contribution is 2.25. The summed E-state index contributed by atoms with van der Waals surface area (Å²) in [6.45, 7) is 1.45. The van der Waals surface area contributed by atoms with Gasteiger partial charge in [-0.1, -0.05) is 23.4 Å². The molecule has 0 spiro atoms. The van der Waals surface area contributed by atoms with Crippen LogP contribution >= 0.6 is 0 Å². The summed E-state index contributed by atoms with van der Waals surface area (Å²) < 4.78 is 1.54. The van der Waals surface area contributed by atoms with Crippen LogP contribution in [0.4, 0.5) is 0 Å². The summed E-state index contributed by atoms with van der Waals surface area (Å²) in [7, 11) is 3.47. The van der Waals surface area contributed by atoms with Crippen LogP contribution < -0.4 is 0 Å². The third-order valence-corrected chi connectivity index (χ3v) is 4.90. The fourth-order valence-corrected chi connectivity index (χ4v) is 3.40. The Labute approximate surface area is 162 Å². The van der Waals surface area contributed by atoms with E-state index in [0.717, 1.165) is 28.5 Å². The first-order valence-electron chi connectivity index (χ1n) is 9.17. The molecule has 0 radical (unpaired) electrons. The highest BCUT2D eigenvalue weighted by molar-refractivity contribution is 5.98. The summed E-state index contributed by atoms with van der Waals surface area (Å²) in [5.74, 6) is -0.0320. The lowest BCUT2D eigenvalue weighted by Gasteiger charge is -2.27. The Kier molecular flexibility index (Phi) is 4.68. The average Bonchev–Trinajstić information content (AvgIpc) is 3.36. The summed E-state index contributed by atoms with van der Waals surface area (Å²) in [6, 6.07) is 7.95. The second-order valence-corrected chi connectivity index (χ2v) is 7.12. The maximum absolute atomic E-state index is 12.6. The van der Waals surface area contributed by atoms with Crippen molar-refractivity contribution in [1.82, 2.24) is 29.8 Å². The van der Waals surface area contributed by atoms with Gasteiger partial charge in [0.15, 0.2) is 0 Å². The Morgan fingerprint density at radius 3 is 2.86 bits per heavy atom. The topological polar surface area (TPSA) is 87.1 Å². The molecular weight excluding hydrogens is 356 g/mol. The molecule has 3 aromatic rings. The number of hydrogen-bond acceptors (Lipinski definition) is 4. The van der Waals surface area contributed by atoms with Crippen molar-refractivity contribution in [1.29, 1.82) is 0 Å². The lowest BCUT2D eigenvalue weighted by molar-refractivity contribution is -0.131. The van der Waals surface area contributed by atoms with Gasteiger partial charge in [-0.15, -0.1) is 5.10 Å².